The molecule has 4 heteroatoms. The van der Waals surface area contributed by atoms with E-state index in [1.807, 2.05) is 26.8 Å². The van der Waals surface area contributed by atoms with Crippen molar-refractivity contribution >= 4 is 5.97 Å². The summed E-state index contributed by atoms with van der Waals surface area (Å²) in [6.07, 6.45) is 0. The highest BCUT2D eigenvalue weighted by molar-refractivity contribution is 5.84. The van der Waals surface area contributed by atoms with Gasteiger partial charge >= 0.3 is 5.97 Å². The third-order valence-corrected chi connectivity index (χ3v) is 3.48. The standard InChI is InChI=1S/C16H18O4/c1-9-5-6-10(2)15(11(9)3)19-8-13-7-14(16(17)18)20-12(13)4/h5-7H,8H2,1-4H3,(H,17,18). The van der Waals surface area contributed by atoms with Gasteiger partial charge in [-0.1, -0.05) is 12.1 Å². The maximum Gasteiger partial charge on any atom is 0.371 e. The summed E-state index contributed by atoms with van der Waals surface area (Å²) in [5.74, 6) is 0.300. The maximum absolute atomic E-state index is 10.9. The van der Waals surface area contributed by atoms with Crippen molar-refractivity contribution in [2.75, 3.05) is 0 Å². The molecule has 0 aliphatic rings. The van der Waals surface area contributed by atoms with Crippen molar-refractivity contribution < 1.29 is 19.1 Å². The number of carboxylic acid groups (broad SMARTS) is 1. The molecule has 0 atom stereocenters. The van der Waals surface area contributed by atoms with Crippen molar-refractivity contribution in [2.45, 2.75) is 34.3 Å². The van der Waals surface area contributed by atoms with Gasteiger partial charge in [0.1, 0.15) is 18.1 Å². The van der Waals surface area contributed by atoms with Crippen molar-refractivity contribution in [3.63, 3.8) is 0 Å². The van der Waals surface area contributed by atoms with Crippen LogP contribution < -0.4 is 4.74 Å². The maximum atomic E-state index is 10.9. The van der Waals surface area contributed by atoms with Gasteiger partial charge in [-0.3, -0.25) is 0 Å². The van der Waals surface area contributed by atoms with E-state index in [2.05, 4.69) is 6.07 Å². The fourth-order valence-electron chi connectivity index (χ4n) is 2.07. The van der Waals surface area contributed by atoms with Crippen LogP contribution >= 0.6 is 0 Å². The van der Waals surface area contributed by atoms with E-state index in [0.29, 0.717) is 12.4 Å². The molecule has 0 saturated carbocycles. The van der Waals surface area contributed by atoms with Crippen LogP contribution in [0.4, 0.5) is 0 Å². The lowest BCUT2D eigenvalue weighted by Crippen LogP contribution is -2.00. The highest BCUT2D eigenvalue weighted by atomic mass is 16.5. The van der Waals surface area contributed by atoms with E-state index in [-0.39, 0.29) is 5.76 Å². The van der Waals surface area contributed by atoms with Crippen LogP contribution in [0, 0.1) is 27.7 Å². The van der Waals surface area contributed by atoms with E-state index in [1.54, 1.807) is 6.92 Å². The van der Waals surface area contributed by atoms with E-state index in [0.717, 1.165) is 22.4 Å². The van der Waals surface area contributed by atoms with Crippen LogP contribution in [-0.2, 0) is 6.61 Å². The zero-order valence-electron chi connectivity index (χ0n) is 12.1. The Hall–Kier alpha value is -2.23. The first kappa shape index (κ1) is 14.2. The normalized spacial score (nSPS) is 10.6. The van der Waals surface area contributed by atoms with Gasteiger partial charge in [0.15, 0.2) is 0 Å². The number of rotatable bonds is 4. The van der Waals surface area contributed by atoms with Crippen LogP contribution in [0.15, 0.2) is 22.6 Å². The van der Waals surface area contributed by atoms with Gasteiger partial charge in [0.05, 0.1) is 0 Å². The SMILES string of the molecule is Cc1ccc(C)c(OCc2cc(C(=O)O)oc2C)c1C. The minimum Gasteiger partial charge on any atom is -0.488 e. The Morgan fingerprint density at radius 3 is 2.45 bits per heavy atom. The van der Waals surface area contributed by atoms with Crippen molar-refractivity contribution in [3.8, 4) is 5.75 Å². The minimum absolute atomic E-state index is 0.0567. The first-order valence-corrected chi connectivity index (χ1v) is 6.42. The summed E-state index contributed by atoms with van der Waals surface area (Å²) < 4.78 is 11.0. The second-order valence-corrected chi connectivity index (χ2v) is 4.94. The molecule has 0 bridgehead atoms. The summed E-state index contributed by atoms with van der Waals surface area (Å²) in [6, 6.07) is 5.59. The van der Waals surface area contributed by atoms with Gasteiger partial charge in [0, 0.05) is 5.56 Å². The van der Waals surface area contributed by atoms with Gasteiger partial charge < -0.3 is 14.3 Å². The lowest BCUT2D eigenvalue weighted by atomic mass is 10.1. The molecule has 2 rings (SSSR count). The van der Waals surface area contributed by atoms with Crippen LogP contribution in [0.25, 0.3) is 0 Å². The molecule has 0 aliphatic heterocycles. The van der Waals surface area contributed by atoms with Gasteiger partial charge in [-0.05, 0) is 50.5 Å². The molecule has 0 unspecified atom stereocenters. The smallest absolute Gasteiger partial charge is 0.371 e. The van der Waals surface area contributed by atoms with E-state index in [4.69, 9.17) is 14.3 Å². The Bertz CT molecular complexity index is 653. The van der Waals surface area contributed by atoms with Crippen LogP contribution in [0.3, 0.4) is 0 Å². The first-order valence-electron chi connectivity index (χ1n) is 6.42. The molecule has 1 heterocycles. The molecule has 0 aliphatic carbocycles. The quantitative estimate of drug-likeness (QED) is 0.921. The molecular formula is C16H18O4. The molecule has 1 aromatic heterocycles. The summed E-state index contributed by atoms with van der Waals surface area (Å²) in [5, 5.41) is 8.90. The zero-order valence-corrected chi connectivity index (χ0v) is 12.1. The molecule has 2 aromatic rings. The second kappa shape index (κ2) is 5.41. The summed E-state index contributed by atoms with van der Waals surface area (Å²) in [4.78, 5) is 10.9. The Balaban J connectivity index is 2.21. The average molecular weight is 274 g/mol. The third kappa shape index (κ3) is 2.69. The molecule has 106 valence electrons. The molecule has 0 saturated heterocycles. The predicted molar refractivity (Wildman–Crippen MR) is 75.4 cm³/mol. The fraction of sp³-hybridized carbons (Fsp3) is 0.312. The summed E-state index contributed by atoms with van der Waals surface area (Å²) >= 11 is 0. The fourth-order valence-corrected chi connectivity index (χ4v) is 2.07. The largest absolute Gasteiger partial charge is 0.488 e. The molecule has 0 radical (unpaired) electrons. The predicted octanol–water partition coefficient (Wildman–Crippen LogP) is 3.79. The third-order valence-electron chi connectivity index (χ3n) is 3.48. The van der Waals surface area contributed by atoms with Crippen molar-refractivity contribution in [3.05, 3.63) is 52.0 Å². The molecule has 0 spiro atoms. The van der Waals surface area contributed by atoms with E-state index in [9.17, 15) is 4.79 Å². The number of carbonyl (C=O) groups is 1. The van der Waals surface area contributed by atoms with Crippen molar-refractivity contribution in [1.29, 1.82) is 0 Å². The monoisotopic (exact) mass is 274 g/mol. The Morgan fingerprint density at radius 2 is 1.85 bits per heavy atom. The summed E-state index contributed by atoms with van der Waals surface area (Å²) in [6.45, 7) is 8.08. The molecular weight excluding hydrogens is 256 g/mol. The molecule has 1 aromatic carbocycles. The number of benzene rings is 1. The minimum atomic E-state index is -1.07. The molecule has 20 heavy (non-hydrogen) atoms. The number of hydrogen-bond acceptors (Lipinski definition) is 3. The van der Waals surface area contributed by atoms with Crippen LogP contribution in [-0.4, -0.2) is 11.1 Å². The average Bonchev–Trinajstić information content (AvgIpc) is 2.76. The van der Waals surface area contributed by atoms with Gasteiger partial charge in [0.2, 0.25) is 5.76 Å². The zero-order chi connectivity index (χ0) is 14.9. The molecule has 0 fully saturated rings. The Morgan fingerprint density at radius 1 is 1.20 bits per heavy atom. The number of aryl methyl sites for hydroxylation is 3. The summed E-state index contributed by atoms with van der Waals surface area (Å²) in [5.41, 5.74) is 4.08. The topological polar surface area (TPSA) is 59.7 Å². The lowest BCUT2D eigenvalue weighted by Gasteiger charge is -2.13. The first-order chi connectivity index (χ1) is 9.40. The van der Waals surface area contributed by atoms with E-state index in [1.165, 1.54) is 11.6 Å². The number of furan rings is 1. The molecule has 4 nitrogen and oxygen atoms in total. The van der Waals surface area contributed by atoms with Gasteiger partial charge in [-0.25, -0.2) is 4.79 Å². The van der Waals surface area contributed by atoms with Gasteiger partial charge in [0.25, 0.3) is 0 Å². The summed E-state index contributed by atoms with van der Waals surface area (Å²) in [7, 11) is 0. The van der Waals surface area contributed by atoms with E-state index >= 15 is 0 Å². The van der Waals surface area contributed by atoms with Crippen LogP contribution in [0.5, 0.6) is 5.75 Å². The molecule has 0 amide bonds. The number of hydrogen-bond donors (Lipinski definition) is 1. The highest BCUT2D eigenvalue weighted by Gasteiger charge is 2.14. The van der Waals surface area contributed by atoms with Gasteiger partial charge in [-0.15, -0.1) is 0 Å². The van der Waals surface area contributed by atoms with Crippen molar-refractivity contribution in [1.82, 2.24) is 0 Å². The highest BCUT2D eigenvalue weighted by Crippen LogP contribution is 2.27. The van der Waals surface area contributed by atoms with Crippen LogP contribution in [0.1, 0.15) is 38.6 Å². The lowest BCUT2D eigenvalue weighted by molar-refractivity contribution is 0.0661. The molecule has 1 N–H and O–H groups in total. The van der Waals surface area contributed by atoms with Crippen molar-refractivity contribution in [2.24, 2.45) is 0 Å². The number of aromatic carboxylic acids is 1. The van der Waals surface area contributed by atoms with Gasteiger partial charge in [-0.2, -0.15) is 0 Å². The Kier molecular flexibility index (Phi) is 3.84. The Labute approximate surface area is 118 Å². The van der Waals surface area contributed by atoms with Crippen LogP contribution in [0.2, 0.25) is 0 Å². The number of ether oxygens (including phenoxy) is 1. The second-order valence-electron chi connectivity index (χ2n) is 4.94. The number of carboxylic acids is 1. The van der Waals surface area contributed by atoms with E-state index < -0.39 is 5.97 Å².